The third-order valence-corrected chi connectivity index (χ3v) is 5.29. The first-order valence-electron chi connectivity index (χ1n) is 12.9. The summed E-state index contributed by atoms with van der Waals surface area (Å²) < 4.78 is 89.6. The molecule has 0 amide bonds. The predicted molar refractivity (Wildman–Crippen MR) is 143 cm³/mol. The zero-order chi connectivity index (χ0) is 31.7. The van der Waals surface area contributed by atoms with Gasteiger partial charge in [-0.3, -0.25) is 4.98 Å². The summed E-state index contributed by atoms with van der Waals surface area (Å²) in [5.41, 5.74) is -0.700. The predicted octanol–water partition coefficient (Wildman–Crippen LogP) is 5.90. The molecule has 0 saturated heterocycles. The minimum atomic E-state index is -4.62. The molecule has 4 heterocycles. The molecule has 0 N–H and O–H groups in total. The summed E-state index contributed by atoms with van der Waals surface area (Å²) in [5, 5.41) is 12.8. The minimum absolute atomic E-state index is 0.0739. The topological polar surface area (TPSA) is 119 Å². The van der Waals surface area contributed by atoms with Gasteiger partial charge < -0.3 is 18.9 Å². The zero-order valence-electron chi connectivity index (χ0n) is 24.4. The molecule has 0 spiro atoms. The standard InChI is InChI=1S/C27H30F5N7O4/c1-25(2,3)42-22-17(12-34-24(35-22)43-26(4,5)6)18-9-16-21(37-36-18)39(7)38-23(16)41-19(20(28)29)14-8-15(11-33-10-14)40-13-27(30,31)32/h8-12,19-20H,13H2,1-7H3/t19-/m0/s1. The van der Waals surface area contributed by atoms with Gasteiger partial charge in [-0.05, 0) is 53.7 Å². The van der Waals surface area contributed by atoms with E-state index in [0.29, 0.717) is 5.56 Å². The van der Waals surface area contributed by atoms with Crippen molar-refractivity contribution in [3.63, 3.8) is 0 Å². The molecule has 4 aromatic rings. The average molecular weight is 612 g/mol. The number of alkyl halides is 5. The molecule has 1 atom stereocenters. The Morgan fingerprint density at radius 3 is 2.21 bits per heavy atom. The third kappa shape index (κ3) is 8.35. The van der Waals surface area contributed by atoms with Gasteiger partial charge in [-0.25, -0.2) is 18.4 Å². The van der Waals surface area contributed by atoms with Gasteiger partial charge in [0.25, 0.3) is 6.43 Å². The van der Waals surface area contributed by atoms with Crippen LogP contribution in [0.3, 0.4) is 0 Å². The first kappa shape index (κ1) is 31.6. The SMILES string of the molecule is Cn1nc(O[C@@H](c2cncc(OCC(F)(F)F)c2)C(F)F)c2cc(-c3cnc(OC(C)(C)C)nc3OC(C)(C)C)nnc21. The number of ether oxygens (including phenoxy) is 4. The van der Waals surface area contributed by atoms with Crippen molar-refractivity contribution >= 4 is 11.0 Å². The van der Waals surface area contributed by atoms with E-state index >= 15 is 0 Å². The summed E-state index contributed by atoms with van der Waals surface area (Å²) in [7, 11) is 1.52. The highest BCUT2D eigenvalue weighted by Gasteiger charge is 2.31. The van der Waals surface area contributed by atoms with Crippen molar-refractivity contribution in [2.75, 3.05) is 6.61 Å². The van der Waals surface area contributed by atoms with Crippen LogP contribution in [-0.4, -0.2) is 65.3 Å². The van der Waals surface area contributed by atoms with E-state index in [1.165, 1.54) is 24.0 Å². The Balaban J connectivity index is 1.73. The number of aromatic nitrogens is 7. The fourth-order valence-corrected chi connectivity index (χ4v) is 3.68. The van der Waals surface area contributed by atoms with Crippen LogP contribution in [0.2, 0.25) is 0 Å². The molecule has 0 unspecified atom stereocenters. The van der Waals surface area contributed by atoms with E-state index in [-0.39, 0.29) is 45.8 Å². The van der Waals surface area contributed by atoms with Gasteiger partial charge >= 0.3 is 12.2 Å². The largest absolute Gasteiger partial charge is 0.482 e. The summed E-state index contributed by atoms with van der Waals surface area (Å²) in [5.74, 6) is -0.435. The Bertz CT molecular complexity index is 1580. The van der Waals surface area contributed by atoms with Crippen LogP contribution in [0.15, 0.2) is 30.7 Å². The smallest absolute Gasteiger partial charge is 0.422 e. The second-order valence-corrected chi connectivity index (χ2v) is 11.4. The highest BCUT2D eigenvalue weighted by Crippen LogP contribution is 2.36. The van der Waals surface area contributed by atoms with Gasteiger partial charge in [-0.2, -0.15) is 18.2 Å². The maximum Gasteiger partial charge on any atom is 0.422 e. The fourth-order valence-electron chi connectivity index (χ4n) is 3.68. The number of halogens is 5. The lowest BCUT2D eigenvalue weighted by molar-refractivity contribution is -0.153. The summed E-state index contributed by atoms with van der Waals surface area (Å²) >= 11 is 0. The zero-order valence-corrected chi connectivity index (χ0v) is 24.4. The minimum Gasteiger partial charge on any atom is -0.482 e. The van der Waals surface area contributed by atoms with Crippen LogP contribution < -0.4 is 18.9 Å². The summed E-state index contributed by atoms with van der Waals surface area (Å²) in [4.78, 5) is 12.4. The lowest BCUT2D eigenvalue weighted by atomic mass is 10.1. The van der Waals surface area contributed by atoms with Crippen LogP contribution in [0.4, 0.5) is 22.0 Å². The highest BCUT2D eigenvalue weighted by molar-refractivity contribution is 5.85. The lowest BCUT2D eigenvalue weighted by Crippen LogP contribution is -2.26. The van der Waals surface area contributed by atoms with Crippen LogP contribution in [0.5, 0.6) is 23.5 Å². The molecule has 0 aliphatic carbocycles. The van der Waals surface area contributed by atoms with Crippen molar-refractivity contribution in [1.29, 1.82) is 0 Å². The van der Waals surface area contributed by atoms with Gasteiger partial charge in [0.1, 0.15) is 22.6 Å². The van der Waals surface area contributed by atoms with Crippen molar-refractivity contribution in [1.82, 2.24) is 34.9 Å². The van der Waals surface area contributed by atoms with Crippen molar-refractivity contribution in [3.05, 3.63) is 36.3 Å². The number of hydrogen-bond acceptors (Lipinski definition) is 10. The number of aryl methyl sites for hydroxylation is 1. The van der Waals surface area contributed by atoms with E-state index < -0.39 is 36.5 Å². The van der Waals surface area contributed by atoms with Crippen molar-refractivity contribution in [2.45, 2.75) is 71.5 Å². The average Bonchev–Trinajstić information content (AvgIpc) is 3.18. The number of pyridine rings is 1. The fraction of sp³-hybridized carbons (Fsp3) is 0.481. The number of rotatable bonds is 9. The third-order valence-electron chi connectivity index (χ3n) is 5.29. The Morgan fingerprint density at radius 2 is 1.58 bits per heavy atom. The van der Waals surface area contributed by atoms with Gasteiger partial charge in [0, 0.05) is 25.0 Å². The second kappa shape index (κ2) is 11.7. The number of hydrogen-bond donors (Lipinski definition) is 0. The van der Waals surface area contributed by atoms with Crippen molar-refractivity contribution < 1.29 is 40.9 Å². The molecule has 0 fully saturated rings. The molecular formula is C27H30F5N7O4. The number of fused-ring (bicyclic) bond motifs is 1. The van der Waals surface area contributed by atoms with Crippen LogP contribution in [-0.2, 0) is 7.05 Å². The Labute approximate surface area is 243 Å². The highest BCUT2D eigenvalue weighted by atomic mass is 19.4. The lowest BCUT2D eigenvalue weighted by Gasteiger charge is -2.24. The molecule has 4 rings (SSSR count). The van der Waals surface area contributed by atoms with Gasteiger partial charge in [-0.15, -0.1) is 15.3 Å². The molecule has 0 aliphatic heterocycles. The van der Waals surface area contributed by atoms with Gasteiger partial charge in [0.15, 0.2) is 18.4 Å². The molecule has 232 valence electrons. The molecule has 16 heteroatoms. The van der Waals surface area contributed by atoms with Crippen molar-refractivity contribution in [3.8, 4) is 34.8 Å². The Kier molecular flexibility index (Phi) is 8.60. The molecule has 4 aromatic heterocycles. The van der Waals surface area contributed by atoms with Gasteiger partial charge in [0.05, 0.1) is 17.1 Å². The van der Waals surface area contributed by atoms with E-state index in [9.17, 15) is 22.0 Å². The maximum atomic E-state index is 14.2. The van der Waals surface area contributed by atoms with Crippen LogP contribution >= 0.6 is 0 Å². The first-order valence-corrected chi connectivity index (χ1v) is 12.9. The normalized spacial score (nSPS) is 13.3. The van der Waals surface area contributed by atoms with E-state index in [4.69, 9.17) is 14.2 Å². The molecule has 0 bridgehead atoms. The van der Waals surface area contributed by atoms with Crippen molar-refractivity contribution in [2.24, 2.45) is 7.05 Å². The summed E-state index contributed by atoms with van der Waals surface area (Å²) in [6.45, 7) is 9.39. The van der Waals surface area contributed by atoms with Crippen LogP contribution in [0.25, 0.3) is 22.3 Å². The van der Waals surface area contributed by atoms with Crippen LogP contribution in [0.1, 0.15) is 53.2 Å². The van der Waals surface area contributed by atoms with Gasteiger partial charge in [0.2, 0.25) is 11.8 Å². The molecule has 0 aliphatic rings. The summed E-state index contributed by atoms with van der Waals surface area (Å²) in [6.07, 6.45) is -6.21. The first-order chi connectivity index (χ1) is 19.9. The molecule has 43 heavy (non-hydrogen) atoms. The van der Waals surface area contributed by atoms with Crippen LogP contribution in [0, 0.1) is 0 Å². The van der Waals surface area contributed by atoms with E-state index in [2.05, 4.69) is 35.0 Å². The summed E-state index contributed by atoms with van der Waals surface area (Å²) in [6, 6.07) is 2.58. The van der Waals surface area contributed by atoms with E-state index in [1.54, 1.807) is 0 Å². The second-order valence-electron chi connectivity index (χ2n) is 11.4. The molecular weight excluding hydrogens is 581 g/mol. The monoisotopic (exact) mass is 611 g/mol. The quantitative estimate of drug-likeness (QED) is 0.212. The number of nitrogens with zero attached hydrogens (tertiary/aromatic N) is 7. The molecule has 11 nitrogen and oxygen atoms in total. The van der Waals surface area contributed by atoms with E-state index in [1.807, 2.05) is 41.5 Å². The molecule has 0 saturated carbocycles. The molecule has 0 aromatic carbocycles. The van der Waals surface area contributed by atoms with Gasteiger partial charge in [-0.1, -0.05) is 0 Å². The Morgan fingerprint density at radius 1 is 0.884 bits per heavy atom. The molecule has 0 radical (unpaired) electrons. The maximum absolute atomic E-state index is 14.2. The Hall–Kier alpha value is -4.37. The van der Waals surface area contributed by atoms with E-state index in [0.717, 1.165) is 18.5 Å².